The Labute approximate surface area is 146 Å². The Morgan fingerprint density at radius 3 is 2.50 bits per heavy atom. The van der Waals surface area contributed by atoms with Crippen LogP contribution in [0.2, 0.25) is 0 Å². The van der Waals surface area contributed by atoms with Gasteiger partial charge in [0, 0.05) is 24.8 Å². The van der Waals surface area contributed by atoms with Crippen LogP contribution in [0.1, 0.15) is 22.8 Å². The predicted molar refractivity (Wildman–Crippen MR) is 96.5 cm³/mol. The van der Waals surface area contributed by atoms with E-state index in [2.05, 4.69) is 5.32 Å². The summed E-state index contributed by atoms with van der Waals surface area (Å²) >= 11 is 5.33. The van der Waals surface area contributed by atoms with Gasteiger partial charge in [0.2, 0.25) is 0 Å². The van der Waals surface area contributed by atoms with Crippen molar-refractivity contribution >= 4 is 29.0 Å². The molecule has 0 aliphatic rings. The highest BCUT2D eigenvalue weighted by molar-refractivity contribution is 7.80. The van der Waals surface area contributed by atoms with Gasteiger partial charge in [0.15, 0.2) is 5.11 Å². The maximum atomic E-state index is 13.7. The van der Waals surface area contributed by atoms with E-state index < -0.39 is 0 Å². The third-order valence-corrected chi connectivity index (χ3v) is 3.77. The summed E-state index contributed by atoms with van der Waals surface area (Å²) in [5, 5.41) is 3.52. The van der Waals surface area contributed by atoms with Gasteiger partial charge in [-0.25, -0.2) is 9.18 Å². The van der Waals surface area contributed by atoms with Gasteiger partial charge in [-0.2, -0.15) is 0 Å². The standard InChI is InChI=1S/C18H19FN2O2S/c1-3-23-17(22)13-8-10-15(11-9-13)20-18(24)21(2)12-14-6-4-5-7-16(14)19/h4-11H,3,12H2,1-2H3,(H,20,24). The molecule has 0 saturated heterocycles. The average Bonchev–Trinajstić information content (AvgIpc) is 2.57. The second-order valence-corrected chi connectivity index (χ2v) is 5.56. The first-order chi connectivity index (χ1) is 11.5. The van der Waals surface area contributed by atoms with Crippen LogP contribution in [0.4, 0.5) is 10.1 Å². The molecule has 0 spiro atoms. The van der Waals surface area contributed by atoms with Gasteiger partial charge in [-0.05, 0) is 49.5 Å². The van der Waals surface area contributed by atoms with E-state index in [9.17, 15) is 9.18 Å². The molecule has 0 heterocycles. The van der Waals surface area contributed by atoms with Crippen LogP contribution in [0.25, 0.3) is 0 Å². The van der Waals surface area contributed by atoms with Crippen molar-refractivity contribution in [1.82, 2.24) is 4.90 Å². The Morgan fingerprint density at radius 1 is 1.21 bits per heavy atom. The molecular formula is C18H19FN2O2S. The molecule has 0 unspecified atom stereocenters. The SMILES string of the molecule is CCOC(=O)c1ccc(NC(=S)N(C)Cc2ccccc2F)cc1. The van der Waals surface area contributed by atoms with E-state index in [1.807, 2.05) is 0 Å². The van der Waals surface area contributed by atoms with Crippen LogP contribution in [0.5, 0.6) is 0 Å². The summed E-state index contributed by atoms with van der Waals surface area (Å²) in [5.41, 5.74) is 1.79. The van der Waals surface area contributed by atoms with Gasteiger partial charge < -0.3 is 15.0 Å². The first-order valence-corrected chi connectivity index (χ1v) is 7.94. The number of ether oxygens (including phenoxy) is 1. The monoisotopic (exact) mass is 346 g/mol. The van der Waals surface area contributed by atoms with E-state index in [1.165, 1.54) is 6.07 Å². The van der Waals surface area contributed by atoms with E-state index >= 15 is 0 Å². The van der Waals surface area contributed by atoms with Crippen molar-refractivity contribution in [3.63, 3.8) is 0 Å². The normalized spacial score (nSPS) is 10.1. The van der Waals surface area contributed by atoms with Gasteiger partial charge in [-0.1, -0.05) is 18.2 Å². The minimum Gasteiger partial charge on any atom is -0.462 e. The second-order valence-electron chi connectivity index (χ2n) is 5.18. The molecule has 1 N–H and O–H groups in total. The van der Waals surface area contributed by atoms with Crippen molar-refractivity contribution in [2.75, 3.05) is 19.0 Å². The maximum Gasteiger partial charge on any atom is 0.338 e. The minimum atomic E-state index is -0.358. The minimum absolute atomic E-state index is 0.258. The van der Waals surface area contributed by atoms with Crippen molar-refractivity contribution in [1.29, 1.82) is 0 Å². The fourth-order valence-corrected chi connectivity index (χ4v) is 2.26. The molecule has 4 nitrogen and oxygen atoms in total. The molecule has 2 rings (SSSR count). The highest BCUT2D eigenvalue weighted by atomic mass is 32.1. The Balaban J connectivity index is 1.96. The predicted octanol–water partition coefficient (Wildman–Crippen LogP) is 3.83. The van der Waals surface area contributed by atoms with E-state index in [0.717, 1.165) is 5.69 Å². The van der Waals surface area contributed by atoms with Crippen LogP contribution in [0.3, 0.4) is 0 Å². The Morgan fingerprint density at radius 2 is 1.88 bits per heavy atom. The van der Waals surface area contributed by atoms with Gasteiger partial charge in [-0.15, -0.1) is 0 Å². The molecule has 0 aliphatic heterocycles. The lowest BCUT2D eigenvalue weighted by molar-refractivity contribution is 0.0526. The van der Waals surface area contributed by atoms with Crippen molar-refractivity contribution in [3.8, 4) is 0 Å². The van der Waals surface area contributed by atoms with Gasteiger partial charge in [0.25, 0.3) is 0 Å². The molecular weight excluding hydrogens is 327 g/mol. The highest BCUT2D eigenvalue weighted by Crippen LogP contribution is 2.13. The van der Waals surface area contributed by atoms with Crippen molar-refractivity contribution in [3.05, 3.63) is 65.5 Å². The van der Waals surface area contributed by atoms with Crippen molar-refractivity contribution in [2.45, 2.75) is 13.5 Å². The molecule has 126 valence electrons. The van der Waals surface area contributed by atoms with E-state index in [4.69, 9.17) is 17.0 Å². The third-order valence-electron chi connectivity index (χ3n) is 3.36. The molecule has 2 aromatic rings. The zero-order chi connectivity index (χ0) is 17.5. The summed E-state index contributed by atoms with van der Waals surface area (Å²) in [6.07, 6.45) is 0. The third kappa shape index (κ3) is 4.76. The summed E-state index contributed by atoms with van der Waals surface area (Å²) in [5.74, 6) is -0.616. The number of carbonyl (C=O) groups excluding carboxylic acids is 1. The Bertz CT molecular complexity index is 719. The zero-order valence-electron chi connectivity index (χ0n) is 13.6. The van der Waals surface area contributed by atoms with E-state index in [1.54, 1.807) is 61.3 Å². The summed E-state index contributed by atoms with van der Waals surface area (Å²) < 4.78 is 18.6. The summed E-state index contributed by atoms with van der Waals surface area (Å²) in [4.78, 5) is 13.4. The smallest absolute Gasteiger partial charge is 0.338 e. The lowest BCUT2D eigenvalue weighted by Gasteiger charge is -2.21. The zero-order valence-corrected chi connectivity index (χ0v) is 14.4. The number of benzene rings is 2. The Hall–Kier alpha value is -2.47. The van der Waals surface area contributed by atoms with Crippen LogP contribution < -0.4 is 5.32 Å². The molecule has 0 aliphatic carbocycles. The van der Waals surface area contributed by atoms with Crippen LogP contribution in [0.15, 0.2) is 48.5 Å². The van der Waals surface area contributed by atoms with Crippen LogP contribution in [-0.4, -0.2) is 29.6 Å². The lowest BCUT2D eigenvalue weighted by Crippen LogP contribution is -2.30. The number of esters is 1. The van der Waals surface area contributed by atoms with E-state index in [0.29, 0.717) is 29.4 Å². The number of nitrogens with zero attached hydrogens (tertiary/aromatic N) is 1. The van der Waals surface area contributed by atoms with Gasteiger partial charge in [0.1, 0.15) is 5.82 Å². The molecule has 0 atom stereocenters. The largest absolute Gasteiger partial charge is 0.462 e. The summed E-state index contributed by atoms with van der Waals surface area (Å²) in [6, 6.07) is 13.4. The van der Waals surface area contributed by atoms with Crippen LogP contribution in [-0.2, 0) is 11.3 Å². The lowest BCUT2D eigenvalue weighted by atomic mass is 10.2. The fourth-order valence-electron chi connectivity index (χ4n) is 2.08. The fraction of sp³-hybridized carbons (Fsp3) is 0.222. The molecule has 6 heteroatoms. The summed E-state index contributed by atoms with van der Waals surface area (Å²) in [6.45, 7) is 2.46. The summed E-state index contributed by atoms with van der Waals surface area (Å²) in [7, 11) is 1.79. The number of hydrogen-bond donors (Lipinski definition) is 1. The first-order valence-electron chi connectivity index (χ1n) is 7.54. The maximum absolute atomic E-state index is 13.7. The van der Waals surface area contributed by atoms with Crippen molar-refractivity contribution in [2.24, 2.45) is 0 Å². The topological polar surface area (TPSA) is 41.6 Å². The molecule has 0 amide bonds. The van der Waals surface area contributed by atoms with Gasteiger partial charge in [0.05, 0.1) is 12.2 Å². The number of carbonyl (C=O) groups is 1. The molecule has 0 saturated carbocycles. The number of hydrogen-bond acceptors (Lipinski definition) is 3. The first kappa shape index (κ1) is 17.9. The van der Waals surface area contributed by atoms with Crippen LogP contribution >= 0.6 is 12.2 Å². The second kappa shape index (κ2) is 8.40. The van der Waals surface area contributed by atoms with Gasteiger partial charge >= 0.3 is 5.97 Å². The van der Waals surface area contributed by atoms with Crippen molar-refractivity contribution < 1.29 is 13.9 Å². The molecule has 0 aromatic heterocycles. The van der Waals surface area contributed by atoms with E-state index in [-0.39, 0.29) is 11.8 Å². The molecule has 0 fully saturated rings. The molecule has 2 aromatic carbocycles. The molecule has 0 radical (unpaired) electrons. The number of halogens is 1. The number of anilines is 1. The highest BCUT2D eigenvalue weighted by Gasteiger charge is 2.10. The number of thiocarbonyl (C=S) groups is 1. The molecule has 0 bridgehead atoms. The quantitative estimate of drug-likeness (QED) is 0.658. The van der Waals surface area contributed by atoms with Gasteiger partial charge in [-0.3, -0.25) is 0 Å². The number of nitrogens with one attached hydrogen (secondary N) is 1. The molecule has 24 heavy (non-hydrogen) atoms. The average molecular weight is 346 g/mol. The number of rotatable bonds is 5. The Kier molecular flexibility index (Phi) is 6.26. The van der Waals surface area contributed by atoms with Crippen LogP contribution in [0, 0.1) is 5.82 Å².